The van der Waals surface area contributed by atoms with E-state index in [9.17, 15) is 9.59 Å². The van der Waals surface area contributed by atoms with Gasteiger partial charge in [-0.3, -0.25) is 9.59 Å². The lowest BCUT2D eigenvalue weighted by atomic mass is 10.1. The van der Waals surface area contributed by atoms with Gasteiger partial charge in [-0.15, -0.1) is 0 Å². The SMILES string of the molecule is CN(C)C(=O)CCCCCC(=O)OC(C)(C)C. The highest BCUT2D eigenvalue weighted by molar-refractivity contribution is 5.75. The standard InChI is InChI=1S/C13H25NO3/c1-13(2,3)17-12(16)10-8-6-7-9-11(15)14(4)5/h6-10H2,1-5H3. The predicted molar refractivity (Wildman–Crippen MR) is 67.6 cm³/mol. The van der Waals surface area contributed by atoms with Gasteiger partial charge < -0.3 is 9.64 Å². The van der Waals surface area contributed by atoms with Crippen molar-refractivity contribution < 1.29 is 14.3 Å². The number of carbonyl (C=O) groups is 2. The van der Waals surface area contributed by atoms with Gasteiger partial charge in [0.1, 0.15) is 5.60 Å². The van der Waals surface area contributed by atoms with Gasteiger partial charge in [0.2, 0.25) is 5.91 Å². The molecule has 100 valence electrons. The van der Waals surface area contributed by atoms with Crippen LogP contribution in [0.3, 0.4) is 0 Å². The van der Waals surface area contributed by atoms with E-state index in [1.165, 1.54) is 0 Å². The molecule has 0 N–H and O–H groups in total. The Kier molecular flexibility index (Phi) is 6.85. The first-order chi connectivity index (χ1) is 7.72. The van der Waals surface area contributed by atoms with E-state index >= 15 is 0 Å². The first kappa shape index (κ1) is 15.9. The summed E-state index contributed by atoms with van der Waals surface area (Å²) in [7, 11) is 3.51. The molecule has 0 saturated heterocycles. The topological polar surface area (TPSA) is 46.6 Å². The van der Waals surface area contributed by atoms with Gasteiger partial charge in [-0.05, 0) is 33.6 Å². The van der Waals surface area contributed by atoms with Crippen LogP contribution in [0, 0.1) is 0 Å². The maximum atomic E-state index is 11.4. The number of amides is 1. The lowest BCUT2D eigenvalue weighted by molar-refractivity contribution is -0.154. The fourth-order valence-corrected chi connectivity index (χ4v) is 1.34. The Morgan fingerprint density at radius 3 is 2.00 bits per heavy atom. The lowest BCUT2D eigenvalue weighted by Crippen LogP contribution is -2.23. The molecule has 0 fully saturated rings. The molecule has 17 heavy (non-hydrogen) atoms. The van der Waals surface area contributed by atoms with Crippen LogP contribution in [0.5, 0.6) is 0 Å². The zero-order valence-corrected chi connectivity index (χ0v) is 11.7. The van der Waals surface area contributed by atoms with E-state index in [1.54, 1.807) is 19.0 Å². The summed E-state index contributed by atoms with van der Waals surface area (Å²) < 4.78 is 5.19. The van der Waals surface area contributed by atoms with Crippen LogP contribution in [0.1, 0.15) is 52.9 Å². The zero-order chi connectivity index (χ0) is 13.5. The summed E-state index contributed by atoms with van der Waals surface area (Å²) in [5, 5.41) is 0. The van der Waals surface area contributed by atoms with E-state index in [-0.39, 0.29) is 11.9 Å². The molecule has 0 aliphatic heterocycles. The number of ether oxygens (including phenoxy) is 1. The van der Waals surface area contributed by atoms with Crippen LogP contribution in [0.25, 0.3) is 0 Å². The van der Waals surface area contributed by atoms with Crippen molar-refractivity contribution in [1.82, 2.24) is 4.90 Å². The molecule has 0 bridgehead atoms. The van der Waals surface area contributed by atoms with Gasteiger partial charge in [-0.2, -0.15) is 0 Å². The van der Waals surface area contributed by atoms with Crippen LogP contribution in [0.15, 0.2) is 0 Å². The zero-order valence-electron chi connectivity index (χ0n) is 11.7. The molecule has 0 saturated carbocycles. The fraction of sp³-hybridized carbons (Fsp3) is 0.846. The molecule has 0 unspecified atom stereocenters. The molecule has 0 aromatic carbocycles. The third-order valence-electron chi connectivity index (χ3n) is 2.19. The minimum Gasteiger partial charge on any atom is -0.460 e. The summed E-state index contributed by atoms with van der Waals surface area (Å²) in [4.78, 5) is 24.2. The van der Waals surface area contributed by atoms with Gasteiger partial charge in [-0.25, -0.2) is 0 Å². The molecule has 0 atom stereocenters. The molecule has 0 aliphatic rings. The molecule has 4 nitrogen and oxygen atoms in total. The Hall–Kier alpha value is -1.06. The quantitative estimate of drug-likeness (QED) is 0.531. The fourth-order valence-electron chi connectivity index (χ4n) is 1.34. The van der Waals surface area contributed by atoms with Gasteiger partial charge in [-0.1, -0.05) is 6.42 Å². The maximum absolute atomic E-state index is 11.4. The summed E-state index contributed by atoms with van der Waals surface area (Å²) in [5.41, 5.74) is -0.405. The van der Waals surface area contributed by atoms with Crippen molar-refractivity contribution in [3.63, 3.8) is 0 Å². The Balaban J connectivity index is 3.53. The Bertz CT molecular complexity index is 254. The van der Waals surface area contributed by atoms with Crippen LogP contribution < -0.4 is 0 Å². The van der Waals surface area contributed by atoms with Crippen LogP contribution in [-0.2, 0) is 14.3 Å². The Labute approximate surface area is 104 Å². The van der Waals surface area contributed by atoms with Gasteiger partial charge >= 0.3 is 5.97 Å². The molecule has 0 aromatic rings. The van der Waals surface area contributed by atoms with Gasteiger partial charge in [0.25, 0.3) is 0 Å². The highest BCUT2D eigenvalue weighted by Gasteiger charge is 2.15. The molecule has 0 radical (unpaired) electrons. The second kappa shape index (κ2) is 7.30. The van der Waals surface area contributed by atoms with Crippen molar-refractivity contribution in [2.24, 2.45) is 0 Å². The molecule has 0 spiro atoms. The number of hydrogen-bond acceptors (Lipinski definition) is 3. The number of hydrogen-bond donors (Lipinski definition) is 0. The number of nitrogens with zero attached hydrogens (tertiary/aromatic N) is 1. The van der Waals surface area contributed by atoms with E-state index in [2.05, 4.69) is 0 Å². The molecule has 1 amide bonds. The monoisotopic (exact) mass is 243 g/mol. The third kappa shape index (κ3) is 9.85. The number of rotatable bonds is 6. The first-order valence-corrected chi connectivity index (χ1v) is 6.14. The van der Waals surface area contributed by atoms with E-state index < -0.39 is 5.60 Å². The smallest absolute Gasteiger partial charge is 0.306 e. The molecule has 0 rings (SSSR count). The minimum absolute atomic E-state index is 0.141. The Morgan fingerprint density at radius 2 is 1.53 bits per heavy atom. The van der Waals surface area contributed by atoms with Crippen molar-refractivity contribution in [1.29, 1.82) is 0 Å². The van der Waals surface area contributed by atoms with Crippen LogP contribution in [0.2, 0.25) is 0 Å². The third-order valence-corrected chi connectivity index (χ3v) is 2.19. The summed E-state index contributed by atoms with van der Waals surface area (Å²) in [6.45, 7) is 5.59. The first-order valence-electron chi connectivity index (χ1n) is 6.14. The molecule has 0 aliphatic carbocycles. The van der Waals surface area contributed by atoms with E-state index in [1.807, 2.05) is 20.8 Å². The minimum atomic E-state index is -0.405. The highest BCUT2D eigenvalue weighted by atomic mass is 16.6. The van der Waals surface area contributed by atoms with E-state index in [4.69, 9.17) is 4.74 Å². The van der Waals surface area contributed by atoms with Crippen LogP contribution in [0.4, 0.5) is 0 Å². The summed E-state index contributed by atoms with van der Waals surface area (Å²) in [6, 6.07) is 0. The second-order valence-corrected chi connectivity index (χ2v) is 5.44. The summed E-state index contributed by atoms with van der Waals surface area (Å²) in [6.07, 6.45) is 3.50. The summed E-state index contributed by atoms with van der Waals surface area (Å²) in [5.74, 6) is -0.0151. The summed E-state index contributed by atoms with van der Waals surface area (Å²) >= 11 is 0. The average Bonchev–Trinajstić information content (AvgIpc) is 2.13. The van der Waals surface area contributed by atoms with E-state index in [0.29, 0.717) is 12.8 Å². The van der Waals surface area contributed by atoms with Gasteiger partial charge in [0.15, 0.2) is 0 Å². The Morgan fingerprint density at radius 1 is 1.00 bits per heavy atom. The van der Waals surface area contributed by atoms with Crippen LogP contribution >= 0.6 is 0 Å². The van der Waals surface area contributed by atoms with Gasteiger partial charge in [0.05, 0.1) is 0 Å². The molecule has 4 heteroatoms. The van der Waals surface area contributed by atoms with Crippen molar-refractivity contribution in [2.45, 2.75) is 58.5 Å². The highest BCUT2D eigenvalue weighted by Crippen LogP contribution is 2.11. The predicted octanol–water partition coefficient (Wildman–Crippen LogP) is 2.37. The molecule has 0 heterocycles. The molecular weight excluding hydrogens is 218 g/mol. The van der Waals surface area contributed by atoms with Crippen molar-refractivity contribution in [3.05, 3.63) is 0 Å². The number of unbranched alkanes of at least 4 members (excludes halogenated alkanes) is 2. The van der Waals surface area contributed by atoms with Gasteiger partial charge in [0, 0.05) is 26.9 Å². The van der Waals surface area contributed by atoms with Crippen molar-refractivity contribution >= 4 is 11.9 Å². The van der Waals surface area contributed by atoms with Crippen molar-refractivity contribution in [2.75, 3.05) is 14.1 Å². The van der Waals surface area contributed by atoms with Crippen molar-refractivity contribution in [3.8, 4) is 0 Å². The lowest BCUT2D eigenvalue weighted by Gasteiger charge is -2.19. The second-order valence-electron chi connectivity index (χ2n) is 5.44. The normalized spacial score (nSPS) is 11.1. The van der Waals surface area contributed by atoms with E-state index in [0.717, 1.165) is 19.3 Å². The maximum Gasteiger partial charge on any atom is 0.306 e. The largest absolute Gasteiger partial charge is 0.460 e. The average molecular weight is 243 g/mol. The number of carbonyl (C=O) groups excluding carboxylic acids is 2. The number of esters is 1. The molecule has 0 aromatic heterocycles. The van der Waals surface area contributed by atoms with Crippen LogP contribution in [-0.4, -0.2) is 36.5 Å². The molecular formula is C13H25NO3.